The van der Waals surface area contributed by atoms with Gasteiger partial charge in [-0.3, -0.25) is 0 Å². The van der Waals surface area contributed by atoms with Crippen LogP contribution in [-0.4, -0.2) is 6.04 Å². The summed E-state index contributed by atoms with van der Waals surface area (Å²) >= 11 is 0. The second kappa shape index (κ2) is 5.48. The van der Waals surface area contributed by atoms with Gasteiger partial charge in [0.2, 0.25) is 0 Å². The van der Waals surface area contributed by atoms with Crippen LogP contribution in [0.15, 0.2) is 48.7 Å². The standard InChI is InChI=1S/C13H19N/c1-4-8-12-11(5-2)9-7-10-13(12)14-6-3/h4-6,8,13-14H,2-3,7,9-10H2,1H3/b8-4-. The van der Waals surface area contributed by atoms with Gasteiger partial charge in [-0.05, 0) is 43.5 Å². The van der Waals surface area contributed by atoms with Crippen molar-refractivity contribution < 1.29 is 0 Å². The van der Waals surface area contributed by atoms with Gasteiger partial charge in [-0.15, -0.1) is 0 Å². The molecule has 76 valence electrons. The Kier molecular flexibility index (Phi) is 4.24. The molecule has 0 fully saturated rings. The Hall–Kier alpha value is -1.24. The fraction of sp³-hybridized carbons (Fsp3) is 0.385. The van der Waals surface area contributed by atoms with E-state index in [1.54, 1.807) is 6.20 Å². The Morgan fingerprint density at radius 2 is 2.21 bits per heavy atom. The Bertz CT molecular complexity index is 271. The highest BCUT2D eigenvalue weighted by molar-refractivity contribution is 5.38. The van der Waals surface area contributed by atoms with Crippen LogP contribution in [0.5, 0.6) is 0 Å². The molecule has 1 unspecified atom stereocenters. The predicted molar refractivity (Wildman–Crippen MR) is 63.0 cm³/mol. The van der Waals surface area contributed by atoms with Gasteiger partial charge in [0.15, 0.2) is 0 Å². The average molecular weight is 189 g/mol. The molecule has 0 aromatic carbocycles. The van der Waals surface area contributed by atoms with E-state index in [1.165, 1.54) is 24.0 Å². The van der Waals surface area contributed by atoms with Crippen LogP contribution in [-0.2, 0) is 0 Å². The molecular weight excluding hydrogens is 170 g/mol. The van der Waals surface area contributed by atoms with Crippen LogP contribution < -0.4 is 5.32 Å². The molecule has 1 atom stereocenters. The van der Waals surface area contributed by atoms with Crippen molar-refractivity contribution >= 4 is 0 Å². The summed E-state index contributed by atoms with van der Waals surface area (Å²) in [6, 6.07) is 0.422. The third-order valence-corrected chi connectivity index (χ3v) is 2.60. The number of hydrogen-bond donors (Lipinski definition) is 1. The average Bonchev–Trinajstić information content (AvgIpc) is 2.21. The zero-order chi connectivity index (χ0) is 10.4. The Morgan fingerprint density at radius 1 is 1.43 bits per heavy atom. The summed E-state index contributed by atoms with van der Waals surface area (Å²) in [4.78, 5) is 0. The van der Waals surface area contributed by atoms with Crippen LogP contribution in [0.25, 0.3) is 0 Å². The predicted octanol–water partition coefficient (Wildman–Crippen LogP) is 3.33. The zero-order valence-electron chi connectivity index (χ0n) is 8.92. The van der Waals surface area contributed by atoms with Crippen LogP contribution in [0.3, 0.4) is 0 Å². The molecule has 1 N–H and O–H groups in total. The first kappa shape index (κ1) is 10.8. The van der Waals surface area contributed by atoms with Gasteiger partial charge in [0.05, 0.1) is 6.04 Å². The zero-order valence-corrected chi connectivity index (χ0v) is 8.92. The van der Waals surface area contributed by atoms with Gasteiger partial charge in [-0.2, -0.15) is 0 Å². The van der Waals surface area contributed by atoms with Crippen LogP contribution in [0, 0.1) is 0 Å². The molecule has 0 aliphatic heterocycles. The molecule has 0 bridgehead atoms. The largest absolute Gasteiger partial charge is 0.385 e. The molecule has 1 heteroatoms. The highest BCUT2D eigenvalue weighted by atomic mass is 14.9. The summed E-state index contributed by atoms with van der Waals surface area (Å²) < 4.78 is 0. The van der Waals surface area contributed by atoms with Crippen molar-refractivity contribution in [3.63, 3.8) is 0 Å². The molecule has 0 amide bonds. The SMILES string of the molecule is C=CNC1CCCC(C=C)=C1/C=C\C. The van der Waals surface area contributed by atoms with E-state index in [-0.39, 0.29) is 0 Å². The van der Waals surface area contributed by atoms with E-state index >= 15 is 0 Å². The van der Waals surface area contributed by atoms with Gasteiger partial charge >= 0.3 is 0 Å². The highest BCUT2D eigenvalue weighted by Crippen LogP contribution is 2.26. The van der Waals surface area contributed by atoms with Crippen molar-refractivity contribution in [3.05, 3.63) is 48.7 Å². The first-order valence-corrected chi connectivity index (χ1v) is 5.18. The number of nitrogens with one attached hydrogen (secondary N) is 1. The van der Waals surface area contributed by atoms with E-state index in [0.29, 0.717) is 6.04 Å². The van der Waals surface area contributed by atoms with Crippen LogP contribution in [0.2, 0.25) is 0 Å². The molecule has 0 radical (unpaired) electrons. The van der Waals surface area contributed by atoms with Crippen molar-refractivity contribution in [1.82, 2.24) is 5.32 Å². The molecule has 1 nitrogen and oxygen atoms in total. The highest BCUT2D eigenvalue weighted by Gasteiger charge is 2.18. The number of rotatable bonds is 4. The smallest absolute Gasteiger partial charge is 0.0510 e. The molecule has 0 aromatic heterocycles. The number of hydrogen-bond acceptors (Lipinski definition) is 1. The normalized spacial score (nSPS) is 22.5. The van der Waals surface area contributed by atoms with Crippen molar-refractivity contribution in [3.8, 4) is 0 Å². The Balaban J connectivity index is 2.94. The van der Waals surface area contributed by atoms with E-state index in [1.807, 2.05) is 13.0 Å². The summed E-state index contributed by atoms with van der Waals surface area (Å²) in [5.74, 6) is 0. The first-order chi connectivity index (χ1) is 6.83. The summed E-state index contributed by atoms with van der Waals surface area (Å²) in [5.41, 5.74) is 2.74. The van der Waals surface area contributed by atoms with Gasteiger partial charge in [0.1, 0.15) is 0 Å². The van der Waals surface area contributed by atoms with E-state index in [9.17, 15) is 0 Å². The number of allylic oxidation sites excluding steroid dienone is 3. The maximum absolute atomic E-state index is 3.87. The molecule has 1 aliphatic rings. The van der Waals surface area contributed by atoms with Crippen molar-refractivity contribution in [2.45, 2.75) is 32.2 Å². The fourth-order valence-corrected chi connectivity index (χ4v) is 1.96. The van der Waals surface area contributed by atoms with Crippen molar-refractivity contribution in [1.29, 1.82) is 0 Å². The molecule has 0 spiro atoms. The fourth-order valence-electron chi connectivity index (χ4n) is 1.96. The lowest BCUT2D eigenvalue weighted by atomic mass is 9.87. The van der Waals surface area contributed by atoms with Gasteiger partial charge in [-0.1, -0.05) is 31.4 Å². The molecule has 0 heterocycles. The minimum Gasteiger partial charge on any atom is -0.385 e. The molecule has 1 aliphatic carbocycles. The van der Waals surface area contributed by atoms with Crippen molar-refractivity contribution in [2.24, 2.45) is 0 Å². The van der Waals surface area contributed by atoms with Crippen LogP contribution >= 0.6 is 0 Å². The summed E-state index contributed by atoms with van der Waals surface area (Å²) in [6.45, 7) is 9.63. The molecular formula is C13H19N. The minimum absolute atomic E-state index is 0.422. The maximum Gasteiger partial charge on any atom is 0.0510 e. The monoisotopic (exact) mass is 189 g/mol. The molecule has 1 rings (SSSR count). The second-order valence-electron chi connectivity index (χ2n) is 3.50. The Labute approximate surface area is 86.9 Å². The van der Waals surface area contributed by atoms with Crippen LogP contribution in [0.4, 0.5) is 0 Å². The van der Waals surface area contributed by atoms with E-state index in [0.717, 1.165) is 6.42 Å². The topological polar surface area (TPSA) is 12.0 Å². The van der Waals surface area contributed by atoms with Crippen molar-refractivity contribution in [2.75, 3.05) is 0 Å². The lowest BCUT2D eigenvalue weighted by molar-refractivity contribution is 0.557. The van der Waals surface area contributed by atoms with Gasteiger partial charge in [-0.25, -0.2) is 0 Å². The lowest BCUT2D eigenvalue weighted by Gasteiger charge is -2.26. The van der Waals surface area contributed by atoms with Gasteiger partial charge in [0.25, 0.3) is 0 Å². The van der Waals surface area contributed by atoms with Gasteiger partial charge in [0, 0.05) is 0 Å². The first-order valence-electron chi connectivity index (χ1n) is 5.18. The summed E-state index contributed by atoms with van der Waals surface area (Å²) in [6.07, 6.45) is 11.6. The van der Waals surface area contributed by atoms with E-state index < -0.39 is 0 Å². The lowest BCUT2D eigenvalue weighted by Crippen LogP contribution is -2.28. The second-order valence-corrected chi connectivity index (χ2v) is 3.50. The quantitative estimate of drug-likeness (QED) is 0.715. The molecule has 0 saturated heterocycles. The maximum atomic E-state index is 3.87. The summed E-state index contributed by atoms with van der Waals surface area (Å²) in [7, 11) is 0. The molecule has 14 heavy (non-hydrogen) atoms. The molecule has 0 aromatic rings. The van der Waals surface area contributed by atoms with Gasteiger partial charge < -0.3 is 5.32 Å². The van der Waals surface area contributed by atoms with E-state index in [4.69, 9.17) is 0 Å². The van der Waals surface area contributed by atoms with Crippen LogP contribution in [0.1, 0.15) is 26.2 Å². The van der Waals surface area contributed by atoms with E-state index in [2.05, 4.69) is 30.6 Å². The third-order valence-electron chi connectivity index (χ3n) is 2.60. The Morgan fingerprint density at radius 3 is 2.79 bits per heavy atom. The third kappa shape index (κ3) is 2.38. The minimum atomic E-state index is 0.422. The summed E-state index contributed by atoms with van der Waals surface area (Å²) in [5, 5.41) is 3.29. The molecule has 0 saturated carbocycles.